The van der Waals surface area contributed by atoms with Gasteiger partial charge in [-0.2, -0.15) is 0 Å². The molecule has 0 aromatic heterocycles. The zero-order chi connectivity index (χ0) is 17.6. The fraction of sp³-hybridized carbons (Fsp3) is 0.400. The molecule has 2 aromatic rings. The van der Waals surface area contributed by atoms with Gasteiger partial charge in [0.05, 0.1) is 45.6 Å². The molecular formula is C20H27N2O3+. The number of hydrogen-bond acceptors (Lipinski definition) is 4. The Balaban J connectivity index is 1.60. The molecule has 2 N–H and O–H groups in total. The summed E-state index contributed by atoms with van der Waals surface area (Å²) in [7, 11) is 1.57. The number of benzene rings is 2. The van der Waals surface area contributed by atoms with Crippen molar-refractivity contribution < 1.29 is 19.5 Å². The third-order valence-electron chi connectivity index (χ3n) is 4.67. The van der Waals surface area contributed by atoms with Crippen LogP contribution in [-0.4, -0.2) is 45.0 Å². The highest BCUT2D eigenvalue weighted by atomic mass is 16.5. The molecule has 134 valence electrons. The van der Waals surface area contributed by atoms with Crippen LogP contribution in [0.4, 0.5) is 5.69 Å². The Morgan fingerprint density at radius 2 is 1.84 bits per heavy atom. The summed E-state index contributed by atoms with van der Waals surface area (Å²) in [5, 5.41) is 9.94. The number of ether oxygens (including phenoxy) is 2. The zero-order valence-corrected chi connectivity index (χ0v) is 15.0. The van der Waals surface area contributed by atoms with E-state index in [-0.39, 0.29) is 5.75 Å². The third-order valence-corrected chi connectivity index (χ3v) is 4.67. The Morgan fingerprint density at radius 1 is 1.08 bits per heavy atom. The highest BCUT2D eigenvalue weighted by Gasteiger charge is 2.22. The molecule has 3 rings (SSSR count). The summed E-state index contributed by atoms with van der Waals surface area (Å²) >= 11 is 0. The van der Waals surface area contributed by atoms with Crippen molar-refractivity contribution in [1.29, 1.82) is 0 Å². The highest BCUT2D eigenvalue weighted by molar-refractivity contribution is 5.58. The van der Waals surface area contributed by atoms with Gasteiger partial charge in [-0.15, -0.1) is 0 Å². The Morgan fingerprint density at radius 3 is 2.52 bits per heavy atom. The van der Waals surface area contributed by atoms with E-state index < -0.39 is 0 Å². The molecule has 1 heterocycles. The van der Waals surface area contributed by atoms with Crippen molar-refractivity contribution in [2.75, 3.05) is 44.8 Å². The summed E-state index contributed by atoms with van der Waals surface area (Å²) in [4.78, 5) is 3.93. The first-order chi connectivity index (χ1) is 12.2. The molecule has 0 saturated carbocycles. The molecule has 1 aliphatic heterocycles. The van der Waals surface area contributed by atoms with Crippen molar-refractivity contribution in [3.05, 3.63) is 48.0 Å². The van der Waals surface area contributed by atoms with Gasteiger partial charge in [0.2, 0.25) is 0 Å². The van der Waals surface area contributed by atoms with E-state index in [4.69, 9.17) is 9.47 Å². The molecule has 1 fully saturated rings. The number of phenols is 1. The minimum absolute atomic E-state index is 0.212. The van der Waals surface area contributed by atoms with Crippen molar-refractivity contribution in [1.82, 2.24) is 0 Å². The fourth-order valence-electron chi connectivity index (χ4n) is 3.37. The summed E-state index contributed by atoms with van der Waals surface area (Å²) in [6.45, 7) is 7.74. The molecule has 1 aliphatic rings. The summed E-state index contributed by atoms with van der Waals surface area (Å²) in [6, 6.07) is 13.9. The van der Waals surface area contributed by atoms with Crippen LogP contribution in [0, 0.1) is 0 Å². The lowest BCUT2D eigenvalue weighted by Gasteiger charge is -2.34. The number of hydrogen-bond donors (Lipinski definition) is 2. The molecule has 0 unspecified atom stereocenters. The maximum absolute atomic E-state index is 9.94. The normalized spacial score (nSPS) is 15.2. The first kappa shape index (κ1) is 17.4. The maximum atomic E-state index is 9.94. The van der Waals surface area contributed by atoms with Crippen molar-refractivity contribution in [3.8, 4) is 17.2 Å². The minimum atomic E-state index is 0.212. The predicted octanol–water partition coefficient (Wildman–Crippen LogP) is 1.70. The lowest BCUT2D eigenvalue weighted by molar-refractivity contribution is -0.914. The quantitative estimate of drug-likeness (QED) is 0.838. The number of nitrogens with one attached hydrogen (secondary N) is 1. The van der Waals surface area contributed by atoms with E-state index in [9.17, 15) is 5.11 Å². The van der Waals surface area contributed by atoms with Gasteiger partial charge in [0.15, 0.2) is 11.5 Å². The van der Waals surface area contributed by atoms with E-state index in [1.165, 1.54) is 10.6 Å². The van der Waals surface area contributed by atoms with Gasteiger partial charge in [0.25, 0.3) is 0 Å². The zero-order valence-electron chi connectivity index (χ0n) is 15.0. The Labute approximate surface area is 149 Å². The van der Waals surface area contributed by atoms with E-state index in [1.807, 2.05) is 37.3 Å². The summed E-state index contributed by atoms with van der Waals surface area (Å²) < 4.78 is 10.9. The van der Waals surface area contributed by atoms with Crippen molar-refractivity contribution in [2.45, 2.75) is 13.5 Å². The van der Waals surface area contributed by atoms with Crippen LogP contribution in [0.25, 0.3) is 0 Å². The second kappa shape index (κ2) is 8.12. The van der Waals surface area contributed by atoms with Crippen LogP contribution in [0.1, 0.15) is 12.5 Å². The number of anilines is 1. The minimum Gasteiger partial charge on any atom is -0.504 e. The fourth-order valence-corrected chi connectivity index (χ4v) is 3.37. The van der Waals surface area contributed by atoms with Gasteiger partial charge in [0.1, 0.15) is 12.3 Å². The molecule has 2 aromatic carbocycles. The third kappa shape index (κ3) is 4.17. The molecule has 0 bridgehead atoms. The van der Waals surface area contributed by atoms with E-state index in [1.54, 1.807) is 7.11 Å². The summed E-state index contributed by atoms with van der Waals surface area (Å²) in [5.74, 6) is 1.70. The Kier molecular flexibility index (Phi) is 5.66. The van der Waals surface area contributed by atoms with E-state index in [0.29, 0.717) is 12.4 Å². The second-order valence-corrected chi connectivity index (χ2v) is 6.32. The number of methoxy groups -OCH3 is 1. The molecule has 1 saturated heterocycles. The predicted molar refractivity (Wildman–Crippen MR) is 98.9 cm³/mol. The maximum Gasteiger partial charge on any atom is 0.160 e. The van der Waals surface area contributed by atoms with Gasteiger partial charge < -0.3 is 24.4 Å². The first-order valence-electron chi connectivity index (χ1n) is 8.87. The van der Waals surface area contributed by atoms with E-state index in [2.05, 4.69) is 17.0 Å². The Bertz CT molecular complexity index is 697. The van der Waals surface area contributed by atoms with Crippen molar-refractivity contribution in [2.24, 2.45) is 0 Å². The van der Waals surface area contributed by atoms with Crippen LogP contribution >= 0.6 is 0 Å². The summed E-state index contributed by atoms with van der Waals surface area (Å²) in [6.07, 6.45) is 0. The lowest BCUT2D eigenvalue weighted by Crippen LogP contribution is -3.13. The average Bonchev–Trinajstić information content (AvgIpc) is 2.63. The van der Waals surface area contributed by atoms with Gasteiger partial charge in [-0.3, -0.25) is 0 Å². The lowest BCUT2D eigenvalue weighted by atomic mass is 10.1. The van der Waals surface area contributed by atoms with Crippen molar-refractivity contribution >= 4 is 5.69 Å². The van der Waals surface area contributed by atoms with Gasteiger partial charge in [-0.1, -0.05) is 12.1 Å². The van der Waals surface area contributed by atoms with E-state index in [0.717, 1.165) is 44.0 Å². The van der Waals surface area contributed by atoms with E-state index >= 15 is 0 Å². The molecule has 0 atom stereocenters. The molecular weight excluding hydrogens is 316 g/mol. The van der Waals surface area contributed by atoms with Crippen LogP contribution < -0.4 is 19.3 Å². The average molecular weight is 343 g/mol. The van der Waals surface area contributed by atoms with Crippen LogP contribution in [0.3, 0.4) is 0 Å². The molecule has 25 heavy (non-hydrogen) atoms. The summed E-state index contributed by atoms with van der Waals surface area (Å²) in [5.41, 5.74) is 2.32. The van der Waals surface area contributed by atoms with Gasteiger partial charge in [-0.25, -0.2) is 0 Å². The standard InChI is InChI=1S/C20H26N2O3/c1-3-25-19-7-5-4-6-17(19)22-12-10-21(11-13-22)15-16-8-9-20(24-2)18(23)14-16/h4-9,14,23H,3,10-13,15H2,1-2H3/p+1. The van der Waals surface area contributed by atoms with Crippen molar-refractivity contribution in [3.63, 3.8) is 0 Å². The van der Waals surface area contributed by atoms with Gasteiger partial charge in [0, 0.05) is 5.56 Å². The smallest absolute Gasteiger partial charge is 0.160 e. The number of aromatic hydroxyl groups is 1. The molecule has 0 aliphatic carbocycles. The van der Waals surface area contributed by atoms with Crippen LogP contribution in [0.15, 0.2) is 42.5 Å². The van der Waals surface area contributed by atoms with Crippen LogP contribution in [0.2, 0.25) is 0 Å². The first-order valence-corrected chi connectivity index (χ1v) is 8.87. The monoisotopic (exact) mass is 343 g/mol. The number of rotatable bonds is 6. The van der Waals surface area contributed by atoms with Crippen LogP contribution in [0.5, 0.6) is 17.2 Å². The molecule has 0 amide bonds. The highest BCUT2D eigenvalue weighted by Crippen LogP contribution is 2.28. The van der Waals surface area contributed by atoms with Gasteiger partial charge >= 0.3 is 0 Å². The second-order valence-electron chi connectivity index (χ2n) is 6.32. The van der Waals surface area contributed by atoms with Gasteiger partial charge in [-0.05, 0) is 37.3 Å². The van der Waals surface area contributed by atoms with Crippen LogP contribution in [-0.2, 0) is 6.54 Å². The number of quaternary nitrogens is 1. The topological polar surface area (TPSA) is 46.4 Å². The Hall–Kier alpha value is -2.40. The molecule has 0 spiro atoms. The largest absolute Gasteiger partial charge is 0.504 e. The number of para-hydroxylation sites is 2. The number of phenolic OH excluding ortho intramolecular Hbond substituents is 1. The number of piperazine rings is 1. The molecule has 5 heteroatoms. The molecule has 0 radical (unpaired) electrons. The SMILES string of the molecule is CCOc1ccccc1N1CC[NH+](Cc2ccc(OC)c(O)c2)CC1. The molecule has 5 nitrogen and oxygen atoms in total. The number of nitrogens with zero attached hydrogens (tertiary/aromatic N) is 1.